The molecule has 1 aliphatic rings. The molecule has 0 aliphatic carbocycles. The van der Waals surface area contributed by atoms with Crippen LogP contribution in [0.3, 0.4) is 0 Å². The predicted octanol–water partition coefficient (Wildman–Crippen LogP) is 1.61. The number of nitrogens with two attached hydrogens (primary N) is 1. The highest BCUT2D eigenvalue weighted by atomic mass is 16.5. The van der Waals surface area contributed by atoms with E-state index in [1.165, 1.54) is 12.8 Å². The van der Waals surface area contributed by atoms with Crippen molar-refractivity contribution < 1.29 is 4.74 Å². The SMILES string of the molecule is CCCCC(N)CN(C)C1CCOC1C. The standard InChI is InChI=1S/C12H26N2O/c1-4-5-6-11(13)9-14(3)12-7-8-15-10(12)2/h10-12H,4-9,13H2,1-3H3. The zero-order valence-corrected chi connectivity index (χ0v) is 10.4. The first-order valence-corrected chi connectivity index (χ1v) is 6.22. The molecule has 2 N–H and O–H groups in total. The summed E-state index contributed by atoms with van der Waals surface area (Å²) in [5.41, 5.74) is 6.09. The van der Waals surface area contributed by atoms with E-state index in [1.807, 2.05) is 0 Å². The van der Waals surface area contributed by atoms with Gasteiger partial charge in [0, 0.05) is 25.2 Å². The first-order valence-electron chi connectivity index (χ1n) is 6.22. The van der Waals surface area contributed by atoms with Crippen LogP contribution in [-0.4, -0.2) is 43.3 Å². The van der Waals surface area contributed by atoms with Gasteiger partial charge in [-0.15, -0.1) is 0 Å². The van der Waals surface area contributed by atoms with Crippen molar-refractivity contribution in [3.05, 3.63) is 0 Å². The molecule has 0 aromatic rings. The molecular weight excluding hydrogens is 188 g/mol. The molecule has 3 nitrogen and oxygen atoms in total. The van der Waals surface area contributed by atoms with E-state index in [1.54, 1.807) is 0 Å². The lowest BCUT2D eigenvalue weighted by Crippen LogP contribution is -2.43. The second-order valence-corrected chi connectivity index (χ2v) is 4.77. The third kappa shape index (κ3) is 4.09. The minimum Gasteiger partial charge on any atom is -0.377 e. The van der Waals surface area contributed by atoms with Crippen LogP contribution in [0.2, 0.25) is 0 Å². The van der Waals surface area contributed by atoms with Gasteiger partial charge < -0.3 is 10.5 Å². The number of likely N-dealkylation sites (N-methyl/N-ethyl adjacent to an activating group) is 1. The van der Waals surface area contributed by atoms with Gasteiger partial charge in [0.25, 0.3) is 0 Å². The first-order chi connectivity index (χ1) is 7.15. The largest absolute Gasteiger partial charge is 0.377 e. The lowest BCUT2D eigenvalue weighted by atomic mass is 10.1. The average Bonchev–Trinajstić information content (AvgIpc) is 2.61. The molecule has 1 rings (SSSR count). The van der Waals surface area contributed by atoms with Crippen LogP contribution in [0.25, 0.3) is 0 Å². The monoisotopic (exact) mass is 214 g/mol. The molecule has 90 valence electrons. The summed E-state index contributed by atoms with van der Waals surface area (Å²) in [5.74, 6) is 0. The van der Waals surface area contributed by atoms with Crippen molar-refractivity contribution in [1.82, 2.24) is 4.90 Å². The average molecular weight is 214 g/mol. The molecule has 15 heavy (non-hydrogen) atoms. The zero-order chi connectivity index (χ0) is 11.3. The van der Waals surface area contributed by atoms with Crippen molar-refractivity contribution in [3.8, 4) is 0 Å². The molecule has 0 aromatic carbocycles. The highest BCUT2D eigenvalue weighted by Gasteiger charge is 2.28. The number of hydrogen-bond acceptors (Lipinski definition) is 3. The zero-order valence-electron chi connectivity index (χ0n) is 10.4. The van der Waals surface area contributed by atoms with Crippen LogP contribution in [0, 0.1) is 0 Å². The summed E-state index contributed by atoms with van der Waals surface area (Å²) in [4.78, 5) is 2.37. The van der Waals surface area contributed by atoms with Gasteiger partial charge in [-0.2, -0.15) is 0 Å². The second-order valence-electron chi connectivity index (χ2n) is 4.77. The van der Waals surface area contributed by atoms with Gasteiger partial charge in [-0.05, 0) is 26.8 Å². The van der Waals surface area contributed by atoms with E-state index in [0.29, 0.717) is 18.2 Å². The molecule has 0 spiro atoms. The lowest BCUT2D eigenvalue weighted by molar-refractivity contribution is 0.0814. The van der Waals surface area contributed by atoms with Gasteiger partial charge in [0.15, 0.2) is 0 Å². The van der Waals surface area contributed by atoms with Crippen molar-refractivity contribution >= 4 is 0 Å². The maximum Gasteiger partial charge on any atom is 0.0702 e. The lowest BCUT2D eigenvalue weighted by Gasteiger charge is -2.29. The minimum atomic E-state index is 0.322. The molecule has 1 aliphatic heterocycles. The molecule has 0 aromatic heterocycles. The van der Waals surface area contributed by atoms with Crippen LogP contribution in [0.1, 0.15) is 39.5 Å². The van der Waals surface area contributed by atoms with E-state index < -0.39 is 0 Å². The van der Waals surface area contributed by atoms with Gasteiger partial charge in [0.2, 0.25) is 0 Å². The van der Waals surface area contributed by atoms with Crippen LogP contribution in [-0.2, 0) is 4.74 Å². The van der Waals surface area contributed by atoms with E-state index in [2.05, 4.69) is 25.8 Å². The fourth-order valence-electron chi connectivity index (χ4n) is 2.36. The molecule has 3 unspecified atom stereocenters. The number of unbranched alkanes of at least 4 members (excludes halogenated alkanes) is 1. The van der Waals surface area contributed by atoms with Gasteiger partial charge in [0.05, 0.1) is 6.10 Å². The molecule has 1 saturated heterocycles. The Morgan fingerprint density at radius 1 is 1.53 bits per heavy atom. The Bertz CT molecular complexity index is 175. The highest BCUT2D eigenvalue weighted by Crippen LogP contribution is 2.18. The van der Waals surface area contributed by atoms with E-state index in [-0.39, 0.29) is 0 Å². The van der Waals surface area contributed by atoms with Gasteiger partial charge in [-0.1, -0.05) is 19.8 Å². The van der Waals surface area contributed by atoms with Gasteiger partial charge >= 0.3 is 0 Å². The molecule has 1 fully saturated rings. The number of hydrogen-bond donors (Lipinski definition) is 1. The summed E-state index contributed by atoms with van der Waals surface area (Å²) in [6, 6.07) is 0.889. The number of rotatable bonds is 6. The maximum absolute atomic E-state index is 6.09. The molecule has 3 heteroatoms. The topological polar surface area (TPSA) is 38.5 Å². The first kappa shape index (κ1) is 12.9. The molecule has 3 atom stereocenters. The predicted molar refractivity (Wildman–Crippen MR) is 63.9 cm³/mol. The van der Waals surface area contributed by atoms with Crippen LogP contribution in [0.4, 0.5) is 0 Å². The summed E-state index contributed by atoms with van der Waals surface area (Å²) in [5, 5.41) is 0. The van der Waals surface area contributed by atoms with E-state index in [4.69, 9.17) is 10.5 Å². The van der Waals surface area contributed by atoms with E-state index >= 15 is 0 Å². The molecule has 0 saturated carbocycles. The summed E-state index contributed by atoms with van der Waals surface area (Å²) >= 11 is 0. The fraction of sp³-hybridized carbons (Fsp3) is 1.00. The summed E-state index contributed by atoms with van der Waals surface area (Å²) < 4.78 is 5.57. The van der Waals surface area contributed by atoms with Crippen LogP contribution in [0.15, 0.2) is 0 Å². The van der Waals surface area contributed by atoms with Crippen LogP contribution in [0.5, 0.6) is 0 Å². The maximum atomic E-state index is 6.09. The molecule has 0 amide bonds. The van der Waals surface area contributed by atoms with Gasteiger partial charge in [-0.3, -0.25) is 4.90 Å². The number of ether oxygens (including phenoxy) is 1. The fourth-order valence-corrected chi connectivity index (χ4v) is 2.36. The quantitative estimate of drug-likeness (QED) is 0.730. The minimum absolute atomic E-state index is 0.322. The van der Waals surface area contributed by atoms with Crippen molar-refractivity contribution in [1.29, 1.82) is 0 Å². The molecular formula is C12H26N2O. The summed E-state index contributed by atoms with van der Waals surface area (Å²) in [6.45, 7) is 6.27. The Balaban J connectivity index is 2.24. The Hall–Kier alpha value is -0.120. The van der Waals surface area contributed by atoms with Crippen molar-refractivity contribution in [2.24, 2.45) is 5.73 Å². The van der Waals surface area contributed by atoms with Crippen molar-refractivity contribution in [3.63, 3.8) is 0 Å². The highest BCUT2D eigenvalue weighted by molar-refractivity contribution is 4.82. The Morgan fingerprint density at radius 3 is 2.80 bits per heavy atom. The molecule has 1 heterocycles. The van der Waals surface area contributed by atoms with Crippen molar-refractivity contribution in [2.75, 3.05) is 20.2 Å². The number of nitrogens with zero attached hydrogens (tertiary/aromatic N) is 1. The van der Waals surface area contributed by atoms with Crippen LogP contribution >= 0.6 is 0 Å². The third-order valence-electron chi connectivity index (χ3n) is 3.35. The smallest absolute Gasteiger partial charge is 0.0702 e. The summed E-state index contributed by atoms with van der Waals surface area (Å²) in [6.07, 6.45) is 5.14. The van der Waals surface area contributed by atoms with E-state index in [9.17, 15) is 0 Å². The van der Waals surface area contributed by atoms with Gasteiger partial charge in [0.1, 0.15) is 0 Å². The normalized spacial score (nSPS) is 28.6. The van der Waals surface area contributed by atoms with Crippen molar-refractivity contribution in [2.45, 2.75) is 57.7 Å². The Kier molecular flexibility index (Phi) is 5.58. The Morgan fingerprint density at radius 2 is 2.27 bits per heavy atom. The van der Waals surface area contributed by atoms with Gasteiger partial charge in [-0.25, -0.2) is 0 Å². The Labute approximate surface area is 94.0 Å². The molecule has 0 bridgehead atoms. The summed E-state index contributed by atoms with van der Waals surface area (Å²) in [7, 11) is 2.17. The second kappa shape index (κ2) is 6.46. The third-order valence-corrected chi connectivity index (χ3v) is 3.35. The molecule has 0 radical (unpaired) electrons. The van der Waals surface area contributed by atoms with E-state index in [0.717, 1.165) is 26.0 Å². The van der Waals surface area contributed by atoms with Crippen LogP contribution < -0.4 is 5.73 Å².